The highest BCUT2D eigenvalue weighted by atomic mass is 79.9. The second-order valence-corrected chi connectivity index (χ2v) is 6.44. The molecule has 1 aromatic carbocycles. The van der Waals surface area contributed by atoms with Crippen LogP contribution in [0.1, 0.15) is 0 Å². The van der Waals surface area contributed by atoms with E-state index < -0.39 is 5.91 Å². The van der Waals surface area contributed by atoms with Gasteiger partial charge in [-0.15, -0.1) is 6.58 Å². The first kappa shape index (κ1) is 15.1. The molecule has 3 rings (SSSR count). The molecule has 0 bridgehead atoms. The van der Waals surface area contributed by atoms with Gasteiger partial charge in [-0.1, -0.05) is 33.3 Å². The summed E-state index contributed by atoms with van der Waals surface area (Å²) in [4.78, 5) is 17.0. The van der Waals surface area contributed by atoms with Crippen LogP contribution in [0, 0.1) is 0 Å². The maximum absolute atomic E-state index is 12.2. The van der Waals surface area contributed by atoms with Gasteiger partial charge < -0.3 is 14.0 Å². The minimum absolute atomic E-state index is 0.134. The summed E-state index contributed by atoms with van der Waals surface area (Å²) < 4.78 is 14.3. The molecule has 0 saturated carbocycles. The molecule has 5 nitrogen and oxygen atoms in total. The molecule has 0 spiro atoms. The Balaban J connectivity index is 2.10. The zero-order chi connectivity index (χ0) is 15.5. The minimum Gasteiger partial charge on any atom is -0.494 e. The lowest BCUT2D eigenvalue weighted by Crippen LogP contribution is -2.19. The van der Waals surface area contributed by atoms with Gasteiger partial charge in [-0.05, 0) is 18.2 Å². The minimum atomic E-state index is -0.442. The van der Waals surface area contributed by atoms with E-state index in [0.29, 0.717) is 24.6 Å². The molecular weight excluding hydrogens is 368 g/mol. The molecule has 2 heterocycles. The van der Waals surface area contributed by atoms with Crippen LogP contribution in [-0.2, 0) is 20.8 Å². The fraction of sp³-hybridized carbons (Fsp3) is 0.200. The molecule has 0 unspecified atom stereocenters. The first-order chi connectivity index (χ1) is 10.7. The van der Waals surface area contributed by atoms with Crippen molar-refractivity contribution >= 4 is 43.4 Å². The summed E-state index contributed by atoms with van der Waals surface area (Å²) in [6.45, 7) is 5.14. The van der Waals surface area contributed by atoms with Crippen LogP contribution in [0.5, 0.6) is 0 Å². The normalized spacial score (nSPS) is 15.1. The van der Waals surface area contributed by atoms with Gasteiger partial charge >= 0.3 is 5.91 Å². The molecule has 0 aliphatic carbocycles. The van der Waals surface area contributed by atoms with E-state index in [0.717, 1.165) is 14.7 Å². The summed E-state index contributed by atoms with van der Waals surface area (Å²) in [6, 6.07) is 5.95. The number of carbonyl (C=O) groups excluding carboxylic acids is 1. The summed E-state index contributed by atoms with van der Waals surface area (Å²) in [6.07, 6.45) is 3.09. The zero-order valence-electron chi connectivity index (χ0n) is 11.6. The van der Waals surface area contributed by atoms with Gasteiger partial charge in [0.05, 0.1) is 10.2 Å². The van der Waals surface area contributed by atoms with E-state index in [1.807, 2.05) is 22.8 Å². The van der Waals surface area contributed by atoms with Gasteiger partial charge in [0.2, 0.25) is 5.76 Å². The maximum Gasteiger partial charge on any atom is 0.317 e. The topological polar surface area (TPSA) is 52.8 Å². The number of halogens is 1. The number of rotatable bonds is 3. The summed E-state index contributed by atoms with van der Waals surface area (Å²) in [5, 5.41) is 0. The number of benzene rings is 1. The second-order valence-electron chi connectivity index (χ2n) is 4.51. The van der Waals surface area contributed by atoms with E-state index in [1.54, 1.807) is 6.08 Å². The van der Waals surface area contributed by atoms with Crippen LogP contribution >= 0.6 is 27.3 Å². The molecule has 2 aromatic rings. The van der Waals surface area contributed by atoms with E-state index in [2.05, 4.69) is 27.5 Å². The van der Waals surface area contributed by atoms with Crippen LogP contribution in [0.15, 0.2) is 52.3 Å². The Morgan fingerprint density at radius 1 is 1.50 bits per heavy atom. The lowest BCUT2D eigenvalue weighted by atomic mass is 10.3. The fourth-order valence-electron chi connectivity index (χ4n) is 2.06. The van der Waals surface area contributed by atoms with Crippen LogP contribution in [-0.4, -0.2) is 23.7 Å². The largest absolute Gasteiger partial charge is 0.494 e. The highest BCUT2D eigenvalue weighted by molar-refractivity contribution is 9.10. The third-order valence-corrected chi connectivity index (χ3v) is 4.55. The molecule has 0 N–H and O–H groups in total. The summed E-state index contributed by atoms with van der Waals surface area (Å²) in [5.41, 5.74) is 1.01. The molecule has 0 saturated heterocycles. The first-order valence-corrected chi connectivity index (χ1v) is 8.23. The van der Waals surface area contributed by atoms with Crippen LogP contribution in [0.2, 0.25) is 0 Å². The van der Waals surface area contributed by atoms with Gasteiger partial charge in [-0.2, -0.15) is 4.99 Å². The quantitative estimate of drug-likeness (QED) is 0.769. The van der Waals surface area contributed by atoms with Gasteiger partial charge in [-0.3, -0.25) is 4.79 Å². The van der Waals surface area contributed by atoms with Gasteiger partial charge in [0.1, 0.15) is 19.5 Å². The van der Waals surface area contributed by atoms with Crippen molar-refractivity contribution in [2.45, 2.75) is 6.54 Å². The Bertz CT molecular complexity index is 835. The monoisotopic (exact) mass is 380 g/mol. The Hall–Kier alpha value is -1.86. The Morgan fingerprint density at radius 2 is 2.36 bits per heavy atom. The van der Waals surface area contributed by atoms with Crippen molar-refractivity contribution in [3.63, 3.8) is 0 Å². The average Bonchev–Trinajstić information content (AvgIpc) is 2.85. The van der Waals surface area contributed by atoms with Gasteiger partial charge in [0.15, 0.2) is 4.80 Å². The third-order valence-electron chi connectivity index (χ3n) is 3.01. The Labute approximate surface area is 139 Å². The van der Waals surface area contributed by atoms with Gasteiger partial charge in [-0.25, -0.2) is 0 Å². The fourth-order valence-corrected chi connectivity index (χ4v) is 3.65. The van der Waals surface area contributed by atoms with E-state index in [-0.39, 0.29) is 5.76 Å². The molecule has 114 valence electrons. The molecule has 1 aromatic heterocycles. The number of nitrogens with zero attached hydrogens (tertiary/aromatic N) is 2. The third kappa shape index (κ3) is 3.00. The molecule has 1 amide bonds. The van der Waals surface area contributed by atoms with E-state index in [1.165, 1.54) is 17.6 Å². The highest BCUT2D eigenvalue weighted by Gasteiger charge is 2.15. The predicted octanol–water partition coefficient (Wildman–Crippen LogP) is 2.97. The maximum atomic E-state index is 12.2. The molecule has 1 aliphatic rings. The van der Waals surface area contributed by atoms with Crippen LogP contribution in [0.25, 0.3) is 10.2 Å². The van der Waals surface area contributed by atoms with Crippen molar-refractivity contribution in [1.82, 2.24) is 4.57 Å². The molecular formula is C15H13BrN2O3S. The SMILES string of the molecule is C=CCn1c(=NC(=O)C2=COCCO2)sc2cc(Br)ccc21. The van der Waals surface area contributed by atoms with Crippen molar-refractivity contribution in [1.29, 1.82) is 0 Å². The van der Waals surface area contributed by atoms with Crippen molar-refractivity contribution < 1.29 is 14.3 Å². The first-order valence-electron chi connectivity index (χ1n) is 6.62. The average molecular weight is 381 g/mol. The molecule has 0 radical (unpaired) electrons. The van der Waals surface area contributed by atoms with E-state index in [9.17, 15) is 4.79 Å². The summed E-state index contributed by atoms with van der Waals surface area (Å²) >= 11 is 4.90. The van der Waals surface area contributed by atoms with Crippen LogP contribution < -0.4 is 4.80 Å². The predicted molar refractivity (Wildman–Crippen MR) is 88.3 cm³/mol. The van der Waals surface area contributed by atoms with E-state index >= 15 is 0 Å². The molecule has 7 heteroatoms. The van der Waals surface area contributed by atoms with Gasteiger partial charge in [0, 0.05) is 11.0 Å². The van der Waals surface area contributed by atoms with Crippen molar-refractivity contribution in [2.75, 3.05) is 13.2 Å². The summed E-state index contributed by atoms with van der Waals surface area (Å²) in [5.74, 6) is -0.307. The Kier molecular flexibility index (Phi) is 4.44. The summed E-state index contributed by atoms with van der Waals surface area (Å²) in [7, 11) is 0. The Morgan fingerprint density at radius 3 is 3.09 bits per heavy atom. The number of hydrogen-bond donors (Lipinski definition) is 0. The van der Waals surface area contributed by atoms with Crippen molar-refractivity contribution in [3.8, 4) is 0 Å². The lowest BCUT2D eigenvalue weighted by molar-refractivity contribution is -0.119. The smallest absolute Gasteiger partial charge is 0.317 e. The molecule has 0 fully saturated rings. The van der Waals surface area contributed by atoms with Crippen molar-refractivity contribution in [2.24, 2.45) is 4.99 Å². The van der Waals surface area contributed by atoms with E-state index in [4.69, 9.17) is 9.47 Å². The van der Waals surface area contributed by atoms with Crippen LogP contribution in [0.4, 0.5) is 0 Å². The standard InChI is InChI=1S/C15H13BrN2O3S/c1-2-5-18-11-4-3-10(16)8-13(11)22-15(18)17-14(19)12-9-20-6-7-21-12/h2-4,8-9H,1,5-7H2. The number of thiazole rings is 1. The van der Waals surface area contributed by atoms with Crippen molar-refractivity contribution in [3.05, 3.63) is 52.1 Å². The molecule has 0 atom stereocenters. The number of aromatic nitrogens is 1. The number of ether oxygens (including phenoxy) is 2. The number of carbonyl (C=O) groups is 1. The second kappa shape index (κ2) is 6.50. The molecule has 1 aliphatic heterocycles. The number of amides is 1. The highest BCUT2D eigenvalue weighted by Crippen LogP contribution is 2.22. The number of fused-ring (bicyclic) bond motifs is 1. The lowest BCUT2D eigenvalue weighted by Gasteiger charge is -2.12. The van der Waals surface area contributed by atoms with Gasteiger partial charge in [0.25, 0.3) is 0 Å². The number of hydrogen-bond acceptors (Lipinski definition) is 4. The van der Waals surface area contributed by atoms with Crippen LogP contribution in [0.3, 0.4) is 0 Å². The molecule has 22 heavy (non-hydrogen) atoms. The number of allylic oxidation sites excluding steroid dienone is 1. The zero-order valence-corrected chi connectivity index (χ0v) is 14.0.